The summed E-state index contributed by atoms with van der Waals surface area (Å²) in [4.78, 5) is 0. The number of hydrogen-bond acceptors (Lipinski definition) is 5. The van der Waals surface area contributed by atoms with Gasteiger partial charge in [-0.25, -0.2) is 0 Å². The topological polar surface area (TPSA) is 49.0 Å². The predicted octanol–water partition coefficient (Wildman–Crippen LogP) is 2.43. The molecule has 0 aromatic heterocycles. The first kappa shape index (κ1) is 13.8. The number of alkyl halides is 2. The minimum atomic E-state index is -3.60. The third-order valence-electron chi connectivity index (χ3n) is 2.67. The number of benzene rings is 1. The standard InChI is InChI=1S/C12H15F2NO4/c1-7(11(16-2)17-3)15-8-4-5-9-10(6-8)19-12(13,14)18-9/h4-7,11,15H,1-3H3. The smallest absolute Gasteiger partial charge is 0.395 e. The quantitative estimate of drug-likeness (QED) is 0.836. The van der Waals surface area contributed by atoms with Crippen molar-refractivity contribution in [3.8, 4) is 11.5 Å². The number of halogens is 2. The van der Waals surface area contributed by atoms with E-state index in [1.54, 1.807) is 6.07 Å². The van der Waals surface area contributed by atoms with Crippen molar-refractivity contribution >= 4 is 5.69 Å². The van der Waals surface area contributed by atoms with E-state index in [-0.39, 0.29) is 17.5 Å². The average molecular weight is 275 g/mol. The summed E-state index contributed by atoms with van der Waals surface area (Å²) in [6.07, 6.45) is -4.05. The maximum absolute atomic E-state index is 12.9. The molecule has 5 nitrogen and oxygen atoms in total. The van der Waals surface area contributed by atoms with Crippen molar-refractivity contribution in [3.63, 3.8) is 0 Å². The second-order valence-electron chi connectivity index (χ2n) is 4.10. The molecule has 1 heterocycles. The molecule has 7 heteroatoms. The molecule has 1 unspecified atom stereocenters. The van der Waals surface area contributed by atoms with Gasteiger partial charge in [0.2, 0.25) is 0 Å². The molecule has 0 saturated carbocycles. The van der Waals surface area contributed by atoms with E-state index >= 15 is 0 Å². The van der Waals surface area contributed by atoms with E-state index in [9.17, 15) is 8.78 Å². The van der Waals surface area contributed by atoms with E-state index in [2.05, 4.69) is 14.8 Å². The van der Waals surface area contributed by atoms with Crippen LogP contribution in [0, 0.1) is 0 Å². The number of fused-ring (bicyclic) bond motifs is 1. The Labute approximate surface area is 109 Å². The number of rotatable bonds is 5. The summed E-state index contributed by atoms with van der Waals surface area (Å²) in [6.45, 7) is 1.84. The molecule has 1 aromatic rings. The van der Waals surface area contributed by atoms with Gasteiger partial charge in [0.25, 0.3) is 0 Å². The number of methoxy groups -OCH3 is 2. The SMILES string of the molecule is COC(OC)C(C)Nc1ccc2c(c1)OC(F)(F)O2. The van der Waals surface area contributed by atoms with Gasteiger partial charge in [-0.3, -0.25) is 0 Å². The summed E-state index contributed by atoms with van der Waals surface area (Å²) in [6, 6.07) is 4.30. The average Bonchev–Trinajstić information content (AvgIpc) is 2.63. The first-order chi connectivity index (χ1) is 8.95. The molecule has 2 rings (SSSR count). The molecule has 0 spiro atoms. The minimum absolute atomic E-state index is 0.00594. The molecule has 1 aromatic carbocycles. The molecule has 1 atom stereocenters. The molecule has 0 amide bonds. The Morgan fingerprint density at radius 3 is 2.42 bits per heavy atom. The van der Waals surface area contributed by atoms with Crippen LogP contribution in [-0.2, 0) is 9.47 Å². The summed E-state index contributed by atoms with van der Waals surface area (Å²) in [5.74, 6) is 0.00631. The lowest BCUT2D eigenvalue weighted by Crippen LogP contribution is -2.33. The van der Waals surface area contributed by atoms with Crippen molar-refractivity contribution in [1.82, 2.24) is 0 Å². The van der Waals surface area contributed by atoms with Crippen molar-refractivity contribution in [2.75, 3.05) is 19.5 Å². The second-order valence-corrected chi connectivity index (χ2v) is 4.10. The Morgan fingerprint density at radius 2 is 1.79 bits per heavy atom. The molecule has 1 aliphatic heterocycles. The van der Waals surface area contributed by atoms with Gasteiger partial charge in [-0.1, -0.05) is 0 Å². The Bertz CT molecular complexity index is 451. The lowest BCUT2D eigenvalue weighted by Gasteiger charge is -2.23. The summed E-state index contributed by atoms with van der Waals surface area (Å²) < 4.78 is 44.6. The van der Waals surface area contributed by atoms with Gasteiger partial charge in [0, 0.05) is 26.0 Å². The van der Waals surface area contributed by atoms with Gasteiger partial charge in [0.15, 0.2) is 17.8 Å². The van der Waals surface area contributed by atoms with E-state index in [1.165, 1.54) is 26.4 Å². The fourth-order valence-electron chi connectivity index (χ4n) is 1.87. The van der Waals surface area contributed by atoms with Crippen LogP contribution in [0.3, 0.4) is 0 Å². The highest BCUT2D eigenvalue weighted by atomic mass is 19.3. The van der Waals surface area contributed by atoms with E-state index in [4.69, 9.17) is 9.47 Å². The highest BCUT2D eigenvalue weighted by Crippen LogP contribution is 2.42. The first-order valence-electron chi connectivity index (χ1n) is 5.67. The fourth-order valence-corrected chi connectivity index (χ4v) is 1.87. The van der Waals surface area contributed by atoms with Crippen LogP contribution in [0.5, 0.6) is 11.5 Å². The van der Waals surface area contributed by atoms with Crippen LogP contribution < -0.4 is 14.8 Å². The van der Waals surface area contributed by atoms with Gasteiger partial charge in [-0.2, -0.15) is 0 Å². The first-order valence-corrected chi connectivity index (χ1v) is 5.67. The summed E-state index contributed by atoms with van der Waals surface area (Å²) in [5, 5.41) is 3.07. The zero-order chi connectivity index (χ0) is 14.0. The van der Waals surface area contributed by atoms with Gasteiger partial charge in [-0.05, 0) is 19.1 Å². The van der Waals surface area contributed by atoms with Crippen LogP contribution in [-0.4, -0.2) is 32.8 Å². The molecular weight excluding hydrogens is 260 g/mol. The Morgan fingerprint density at radius 1 is 1.16 bits per heavy atom. The van der Waals surface area contributed by atoms with Crippen LogP contribution in [0.15, 0.2) is 18.2 Å². The molecular formula is C12H15F2NO4. The van der Waals surface area contributed by atoms with Crippen molar-refractivity contribution in [3.05, 3.63) is 18.2 Å². The highest BCUT2D eigenvalue weighted by molar-refractivity contribution is 5.56. The maximum atomic E-state index is 12.9. The third-order valence-corrected chi connectivity index (χ3v) is 2.67. The second kappa shape index (κ2) is 5.18. The van der Waals surface area contributed by atoms with E-state index in [0.29, 0.717) is 5.69 Å². The van der Waals surface area contributed by atoms with Gasteiger partial charge in [0.05, 0.1) is 6.04 Å². The number of hydrogen-bond donors (Lipinski definition) is 1. The Hall–Kier alpha value is -1.60. The van der Waals surface area contributed by atoms with Crippen LogP contribution in [0.25, 0.3) is 0 Å². The molecule has 0 radical (unpaired) electrons. The van der Waals surface area contributed by atoms with Crippen molar-refractivity contribution in [2.45, 2.75) is 25.6 Å². The molecule has 1 aliphatic rings. The van der Waals surface area contributed by atoms with E-state index in [0.717, 1.165) is 0 Å². The van der Waals surface area contributed by atoms with Crippen LogP contribution >= 0.6 is 0 Å². The minimum Gasteiger partial charge on any atom is -0.395 e. The van der Waals surface area contributed by atoms with Crippen molar-refractivity contribution < 1.29 is 27.7 Å². The molecule has 1 N–H and O–H groups in total. The third kappa shape index (κ3) is 3.05. The summed E-state index contributed by atoms with van der Waals surface area (Å²) >= 11 is 0. The van der Waals surface area contributed by atoms with E-state index < -0.39 is 12.6 Å². The van der Waals surface area contributed by atoms with Gasteiger partial charge in [0.1, 0.15) is 0 Å². The van der Waals surface area contributed by atoms with Gasteiger partial charge in [-0.15, -0.1) is 8.78 Å². The monoisotopic (exact) mass is 275 g/mol. The molecule has 19 heavy (non-hydrogen) atoms. The molecule has 0 aliphatic carbocycles. The Kier molecular flexibility index (Phi) is 3.77. The number of nitrogens with one attached hydrogen (secondary N) is 1. The highest BCUT2D eigenvalue weighted by Gasteiger charge is 2.43. The van der Waals surface area contributed by atoms with Crippen molar-refractivity contribution in [2.24, 2.45) is 0 Å². The zero-order valence-electron chi connectivity index (χ0n) is 10.8. The summed E-state index contributed by atoms with van der Waals surface area (Å²) in [7, 11) is 3.04. The van der Waals surface area contributed by atoms with Gasteiger partial charge >= 0.3 is 6.29 Å². The normalized spacial score (nSPS) is 17.6. The van der Waals surface area contributed by atoms with Crippen LogP contribution in [0.1, 0.15) is 6.92 Å². The van der Waals surface area contributed by atoms with Crippen molar-refractivity contribution in [1.29, 1.82) is 0 Å². The van der Waals surface area contributed by atoms with Crippen LogP contribution in [0.2, 0.25) is 0 Å². The maximum Gasteiger partial charge on any atom is 0.586 e. The largest absolute Gasteiger partial charge is 0.586 e. The summed E-state index contributed by atoms with van der Waals surface area (Å²) in [5.41, 5.74) is 0.603. The van der Waals surface area contributed by atoms with E-state index in [1.807, 2.05) is 6.92 Å². The number of anilines is 1. The zero-order valence-corrected chi connectivity index (χ0v) is 10.8. The fraction of sp³-hybridized carbons (Fsp3) is 0.500. The van der Waals surface area contributed by atoms with Gasteiger partial charge < -0.3 is 24.3 Å². The van der Waals surface area contributed by atoms with Crippen LogP contribution in [0.4, 0.5) is 14.5 Å². The predicted molar refractivity (Wildman–Crippen MR) is 63.5 cm³/mol. The molecule has 0 fully saturated rings. The number of ether oxygens (including phenoxy) is 4. The lowest BCUT2D eigenvalue weighted by molar-refractivity contribution is -0.286. The molecule has 0 saturated heterocycles. The Balaban J connectivity index is 2.08. The molecule has 106 valence electrons. The molecule has 0 bridgehead atoms. The lowest BCUT2D eigenvalue weighted by atomic mass is 10.2.